The number of halogens is 1. The van der Waals surface area contributed by atoms with Gasteiger partial charge in [0.15, 0.2) is 0 Å². The lowest BCUT2D eigenvalue weighted by Crippen LogP contribution is -2.49. The van der Waals surface area contributed by atoms with E-state index >= 15 is 0 Å². The minimum atomic E-state index is -0.0902. The summed E-state index contributed by atoms with van der Waals surface area (Å²) in [7, 11) is 4.09. The van der Waals surface area contributed by atoms with E-state index in [1.165, 1.54) is 5.69 Å². The van der Waals surface area contributed by atoms with Crippen LogP contribution in [0.3, 0.4) is 0 Å². The van der Waals surface area contributed by atoms with E-state index in [2.05, 4.69) is 50.0 Å². The van der Waals surface area contributed by atoms with Crippen molar-refractivity contribution in [3.63, 3.8) is 0 Å². The van der Waals surface area contributed by atoms with Gasteiger partial charge in [0.25, 0.3) is 0 Å². The van der Waals surface area contributed by atoms with E-state index in [9.17, 15) is 5.11 Å². The molecule has 1 heterocycles. The summed E-state index contributed by atoms with van der Waals surface area (Å²) in [5, 5.41) is 9.62. The third kappa shape index (κ3) is 2.49. The molecule has 1 aliphatic rings. The molecule has 1 aromatic carbocycles. The summed E-state index contributed by atoms with van der Waals surface area (Å²) in [5.74, 6) is 0. The summed E-state index contributed by atoms with van der Waals surface area (Å²) in [5.41, 5.74) is 1.14. The van der Waals surface area contributed by atoms with Gasteiger partial charge in [-0.25, -0.2) is 0 Å². The highest BCUT2D eigenvalue weighted by atomic mass is 79.9. The number of hydrogen-bond donors (Lipinski definition) is 1. The Morgan fingerprint density at radius 2 is 2.00 bits per heavy atom. The first-order chi connectivity index (χ1) is 8.07. The molecule has 0 aliphatic carbocycles. The Balaban J connectivity index is 2.14. The molecule has 0 amide bonds. The summed E-state index contributed by atoms with van der Waals surface area (Å²) in [6, 6.07) is 8.36. The van der Waals surface area contributed by atoms with Crippen LogP contribution in [0.5, 0.6) is 0 Å². The van der Waals surface area contributed by atoms with Gasteiger partial charge in [0.1, 0.15) is 0 Å². The molecule has 17 heavy (non-hydrogen) atoms. The maximum absolute atomic E-state index is 9.62. The lowest BCUT2D eigenvalue weighted by molar-refractivity contribution is 0.0867. The van der Waals surface area contributed by atoms with Crippen molar-refractivity contribution >= 4 is 21.6 Å². The first-order valence-corrected chi connectivity index (χ1v) is 6.65. The SMILES string of the molecule is CN(C)C1(CO)CCN(c2ccc(Br)cc2)C1. The van der Waals surface area contributed by atoms with Gasteiger partial charge < -0.3 is 10.0 Å². The molecule has 0 radical (unpaired) electrons. The lowest BCUT2D eigenvalue weighted by atomic mass is 9.99. The Bertz CT molecular complexity index is 380. The third-order valence-electron chi connectivity index (χ3n) is 3.77. The number of aliphatic hydroxyl groups is 1. The number of anilines is 1. The van der Waals surface area contributed by atoms with Gasteiger partial charge in [-0.15, -0.1) is 0 Å². The summed E-state index contributed by atoms with van der Waals surface area (Å²) in [6.45, 7) is 2.10. The van der Waals surface area contributed by atoms with Crippen LogP contribution < -0.4 is 4.90 Å². The number of likely N-dealkylation sites (N-methyl/N-ethyl adjacent to an activating group) is 1. The van der Waals surface area contributed by atoms with E-state index in [1.54, 1.807) is 0 Å². The number of nitrogens with zero attached hydrogens (tertiary/aromatic N) is 2. The largest absolute Gasteiger partial charge is 0.394 e. The zero-order valence-electron chi connectivity index (χ0n) is 10.4. The molecule has 0 saturated carbocycles. The molecule has 1 unspecified atom stereocenters. The van der Waals surface area contributed by atoms with Gasteiger partial charge >= 0.3 is 0 Å². The highest BCUT2D eigenvalue weighted by Crippen LogP contribution is 2.30. The predicted octanol–water partition coefficient (Wildman–Crippen LogP) is 1.95. The molecule has 1 saturated heterocycles. The topological polar surface area (TPSA) is 26.7 Å². The average Bonchev–Trinajstić information content (AvgIpc) is 2.75. The van der Waals surface area contributed by atoms with Crippen molar-refractivity contribution in [1.82, 2.24) is 4.90 Å². The average molecular weight is 299 g/mol. The maximum atomic E-state index is 9.62. The maximum Gasteiger partial charge on any atom is 0.0633 e. The number of benzene rings is 1. The Morgan fingerprint density at radius 3 is 2.47 bits per heavy atom. The van der Waals surface area contributed by atoms with E-state index in [0.717, 1.165) is 24.0 Å². The molecule has 1 aromatic rings. The minimum Gasteiger partial charge on any atom is -0.394 e. The van der Waals surface area contributed by atoms with Gasteiger partial charge in [0.2, 0.25) is 0 Å². The van der Waals surface area contributed by atoms with E-state index in [4.69, 9.17) is 0 Å². The van der Waals surface area contributed by atoms with Crippen LogP contribution in [0.15, 0.2) is 28.7 Å². The fraction of sp³-hybridized carbons (Fsp3) is 0.538. The van der Waals surface area contributed by atoms with E-state index in [0.29, 0.717) is 0 Å². The standard InChI is InChI=1S/C13H19BrN2O/c1-15(2)13(10-17)7-8-16(9-13)12-5-3-11(14)4-6-12/h3-6,17H,7-10H2,1-2H3. The molecular formula is C13H19BrN2O. The van der Waals surface area contributed by atoms with Crippen molar-refractivity contribution in [1.29, 1.82) is 0 Å². The molecule has 2 rings (SSSR count). The van der Waals surface area contributed by atoms with Crippen molar-refractivity contribution in [2.24, 2.45) is 0 Å². The normalized spacial score (nSPS) is 24.6. The third-order valence-corrected chi connectivity index (χ3v) is 4.30. The zero-order valence-corrected chi connectivity index (χ0v) is 11.9. The fourth-order valence-corrected chi connectivity index (χ4v) is 2.63. The molecule has 1 aliphatic heterocycles. The van der Waals surface area contributed by atoms with Gasteiger partial charge in [0, 0.05) is 23.2 Å². The van der Waals surface area contributed by atoms with Gasteiger partial charge in [-0.05, 0) is 44.8 Å². The van der Waals surface area contributed by atoms with Crippen LogP contribution >= 0.6 is 15.9 Å². The zero-order chi connectivity index (χ0) is 12.5. The second-order valence-corrected chi connectivity index (χ2v) is 5.84. The number of aliphatic hydroxyl groups excluding tert-OH is 1. The highest BCUT2D eigenvalue weighted by Gasteiger charge is 2.39. The van der Waals surface area contributed by atoms with Crippen molar-refractivity contribution in [3.05, 3.63) is 28.7 Å². The highest BCUT2D eigenvalue weighted by molar-refractivity contribution is 9.10. The molecule has 1 atom stereocenters. The molecule has 3 nitrogen and oxygen atoms in total. The van der Waals surface area contributed by atoms with Crippen LogP contribution in [0.4, 0.5) is 5.69 Å². The van der Waals surface area contributed by atoms with Gasteiger partial charge in [-0.2, -0.15) is 0 Å². The van der Waals surface area contributed by atoms with Gasteiger partial charge in [-0.3, -0.25) is 4.90 Å². The van der Waals surface area contributed by atoms with Crippen molar-refractivity contribution in [2.45, 2.75) is 12.0 Å². The Morgan fingerprint density at radius 1 is 1.35 bits per heavy atom. The van der Waals surface area contributed by atoms with Crippen molar-refractivity contribution < 1.29 is 5.11 Å². The fourth-order valence-electron chi connectivity index (χ4n) is 2.36. The van der Waals surface area contributed by atoms with Crippen LogP contribution in [0, 0.1) is 0 Å². The molecule has 0 spiro atoms. The predicted molar refractivity (Wildman–Crippen MR) is 74.5 cm³/mol. The van der Waals surface area contributed by atoms with Crippen LogP contribution in [0.1, 0.15) is 6.42 Å². The van der Waals surface area contributed by atoms with Crippen LogP contribution in [0.25, 0.3) is 0 Å². The Hall–Kier alpha value is -0.580. The quantitative estimate of drug-likeness (QED) is 0.924. The molecule has 0 bridgehead atoms. The van der Waals surface area contributed by atoms with E-state index < -0.39 is 0 Å². The van der Waals surface area contributed by atoms with Crippen LogP contribution in [0.2, 0.25) is 0 Å². The molecular weight excluding hydrogens is 280 g/mol. The molecule has 1 fully saturated rings. The summed E-state index contributed by atoms with van der Waals surface area (Å²) in [4.78, 5) is 4.48. The Kier molecular flexibility index (Phi) is 3.76. The molecule has 0 aromatic heterocycles. The summed E-state index contributed by atoms with van der Waals surface area (Å²) < 4.78 is 1.10. The summed E-state index contributed by atoms with van der Waals surface area (Å²) in [6.07, 6.45) is 1.01. The van der Waals surface area contributed by atoms with E-state index in [-0.39, 0.29) is 12.1 Å². The Labute approximate surface area is 111 Å². The van der Waals surface area contributed by atoms with Crippen molar-refractivity contribution in [3.8, 4) is 0 Å². The first-order valence-electron chi connectivity index (χ1n) is 5.86. The monoisotopic (exact) mass is 298 g/mol. The van der Waals surface area contributed by atoms with Gasteiger partial charge in [-0.1, -0.05) is 15.9 Å². The van der Waals surface area contributed by atoms with Crippen LogP contribution in [-0.2, 0) is 0 Å². The number of rotatable bonds is 3. The van der Waals surface area contributed by atoms with Crippen LogP contribution in [-0.4, -0.2) is 49.3 Å². The smallest absolute Gasteiger partial charge is 0.0633 e. The second-order valence-electron chi connectivity index (χ2n) is 4.92. The van der Waals surface area contributed by atoms with E-state index in [1.807, 2.05) is 14.1 Å². The second kappa shape index (κ2) is 4.96. The molecule has 4 heteroatoms. The summed E-state index contributed by atoms with van der Waals surface area (Å²) >= 11 is 3.45. The first kappa shape index (κ1) is 12.9. The van der Waals surface area contributed by atoms with Crippen molar-refractivity contribution in [2.75, 3.05) is 38.7 Å². The van der Waals surface area contributed by atoms with Gasteiger partial charge in [0.05, 0.1) is 12.1 Å². The lowest BCUT2D eigenvalue weighted by Gasteiger charge is -2.34. The molecule has 1 N–H and O–H groups in total. The minimum absolute atomic E-state index is 0.0902. The molecule has 94 valence electrons. The number of hydrogen-bond acceptors (Lipinski definition) is 3.